The topological polar surface area (TPSA) is 65.3 Å². The van der Waals surface area contributed by atoms with Crippen LogP contribution >= 0.6 is 0 Å². The average molecular weight is 220 g/mol. The van der Waals surface area contributed by atoms with Gasteiger partial charge < -0.3 is 15.2 Å². The van der Waals surface area contributed by atoms with Crippen LogP contribution in [0.4, 0.5) is 5.69 Å². The molecule has 1 atom stereocenters. The monoisotopic (exact) mass is 220 g/mol. The Morgan fingerprint density at radius 3 is 2.88 bits per heavy atom. The number of hydrogen-bond donors (Lipinski definition) is 2. The number of nitrogens with zero attached hydrogens (tertiary/aromatic N) is 1. The second-order valence-corrected chi connectivity index (χ2v) is 3.56. The van der Waals surface area contributed by atoms with Crippen molar-refractivity contribution in [2.75, 3.05) is 19.0 Å². The maximum Gasteiger partial charge on any atom is 0.143 e. The summed E-state index contributed by atoms with van der Waals surface area (Å²) in [6.07, 6.45) is 0.274. The second-order valence-electron chi connectivity index (χ2n) is 3.56. The minimum atomic E-state index is -0.354. The molecule has 0 amide bonds. The molecule has 0 saturated carbocycles. The molecular weight excluding hydrogens is 204 g/mol. The van der Waals surface area contributed by atoms with Gasteiger partial charge >= 0.3 is 0 Å². The van der Waals surface area contributed by atoms with Crippen molar-refractivity contribution < 1.29 is 9.84 Å². The number of nitrogens with one attached hydrogen (secondary N) is 1. The summed E-state index contributed by atoms with van der Waals surface area (Å²) < 4.78 is 5.17. The Balaban J connectivity index is 2.80. The van der Waals surface area contributed by atoms with Gasteiger partial charge in [0.25, 0.3) is 0 Å². The summed E-state index contributed by atoms with van der Waals surface area (Å²) in [6.45, 7) is 2.34. The van der Waals surface area contributed by atoms with Gasteiger partial charge in [0.1, 0.15) is 11.8 Å². The van der Waals surface area contributed by atoms with Crippen molar-refractivity contribution in [3.8, 4) is 11.8 Å². The van der Waals surface area contributed by atoms with Crippen molar-refractivity contribution in [3.63, 3.8) is 0 Å². The van der Waals surface area contributed by atoms with Crippen LogP contribution in [0.15, 0.2) is 18.2 Å². The van der Waals surface area contributed by atoms with Gasteiger partial charge in [0.15, 0.2) is 0 Å². The highest BCUT2D eigenvalue weighted by atomic mass is 16.5. The fourth-order valence-corrected chi connectivity index (χ4v) is 1.38. The van der Waals surface area contributed by atoms with Gasteiger partial charge in [0.05, 0.1) is 24.5 Å². The Bertz CT molecular complexity index is 383. The van der Waals surface area contributed by atoms with Crippen molar-refractivity contribution in [2.45, 2.75) is 19.4 Å². The first-order chi connectivity index (χ1) is 7.69. The second kappa shape index (κ2) is 5.99. The molecule has 1 unspecified atom stereocenters. The van der Waals surface area contributed by atoms with E-state index in [1.165, 1.54) is 0 Å². The van der Waals surface area contributed by atoms with Gasteiger partial charge in [-0.05, 0) is 25.5 Å². The third-order valence-corrected chi connectivity index (χ3v) is 2.23. The predicted octanol–water partition coefficient (Wildman–Crippen LogP) is 1.75. The Kier molecular flexibility index (Phi) is 4.62. The van der Waals surface area contributed by atoms with Gasteiger partial charge in [-0.2, -0.15) is 5.26 Å². The van der Waals surface area contributed by atoms with E-state index >= 15 is 0 Å². The number of ether oxygens (including phenoxy) is 1. The molecule has 0 aliphatic rings. The molecule has 0 aromatic heterocycles. The van der Waals surface area contributed by atoms with Crippen LogP contribution in [0.3, 0.4) is 0 Å². The van der Waals surface area contributed by atoms with E-state index in [9.17, 15) is 0 Å². The number of rotatable bonds is 5. The summed E-state index contributed by atoms with van der Waals surface area (Å²) in [5.41, 5.74) is 1.23. The number of para-hydroxylation sites is 1. The highest BCUT2D eigenvalue weighted by Crippen LogP contribution is 2.27. The minimum absolute atomic E-state index is 0.354. The van der Waals surface area contributed by atoms with Crippen molar-refractivity contribution in [3.05, 3.63) is 23.8 Å². The van der Waals surface area contributed by atoms with E-state index in [0.29, 0.717) is 30.0 Å². The number of benzene rings is 1. The van der Waals surface area contributed by atoms with E-state index in [4.69, 9.17) is 15.1 Å². The highest BCUT2D eigenvalue weighted by molar-refractivity contribution is 5.66. The van der Waals surface area contributed by atoms with Crippen LogP contribution in [-0.4, -0.2) is 24.9 Å². The normalized spacial score (nSPS) is 11.6. The maximum absolute atomic E-state index is 9.15. The summed E-state index contributed by atoms with van der Waals surface area (Å²) in [6, 6.07) is 7.41. The van der Waals surface area contributed by atoms with E-state index < -0.39 is 0 Å². The first-order valence-electron chi connectivity index (χ1n) is 5.18. The van der Waals surface area contributed by atoms with Crippen molar-refractivity contribution in [1.82, 2.24) is 0 Å². The molecule has 1 aromatic rings. The zero-order chi connectivity index (χ0) is 12.0. The lowest BCUT2D eigenvalue weighted by Gasteiger charge is -2.13. The van der Waals surface area contributed by atoms with Crippen LogP contribution < -0.4 is 10.1 Å². The lowest BCUT2D eigenvalue weighted by atomic mass is 10.1. The van der Waals surface area contributed by atoms with Crippen LogP contribution in [0.5, 0.6) is 5.75 Å². The zero-order valence-electron chi connectivity index (χ0n) is 9.53. The van der Waals surface area contributed by atoms with Crippen molar-refractivity contribution in [1.29, 1.82) is 5.26 Å². The van der Waals surface area contributed by atoms with Gasteiger partial charge in [0.2, 0.25) is 0 Å². The molecule has 0 aliphatic heterocycles. The molecule has 0 bridgehead atoms. The molecule has 0 heterocycles. The quantitative estimate of drug-likeness (QED) is 0.793. The Hall–Kier alpha value is -1.73. The lowest BCUT2D eigenvalue weighted by Crippen LogP contribution is -2.11. The minimum Gasteiger partial charge on any atom is -0.495 e. The molecule has 0 aliphatic carbocycles. The molecule has 2 N–H and O–H groups in total. The van der Waals surface area contributed by atoms with Crippen LogP contribution in [0.2, 0.25) is 0 Å². The molecule has 16 heavy (non-hydrogen) atoms. The van der Waals surface area contributed by atoms with Crippen LogP contribution in [-0.2, 0) is 0 Å². The van der Waals surface area contributed by atoms with Crippen LogP contribution in [0.25, 0.3) is 0 Å². The Morgan fingerprint density at radius 1 is 1.56 bits per heavy atom. The molecular formula is C12H16N2O2. The summed E-state index contributed by atoms with van der Waals surface area (Å²) >= 11 is 0. The molecule has 4 nitrogen and oxygen atoms in total. The van der Waals surface area contributed by atoms with E-state index in [0.717, 1.165) is 0 Å². The van der Waals surface area contributed by atoms with Gasteiger partial charge in [-0.25, -0.2) is 0 Å². The smallest absolute Gasteiger partial charge is 0.143 e. The fourth-order valence-electron chi connectivity index (χ4n) is 1.38. The van der Waals surface area contributed by atoms with E-state index in [1.807, 2.05) is 0 Å². The van der Waals surface area contributed by atoms with Crippen molar-refractivity contribution in [2.24, 2.45) is 0 Å². The molecule has 0 radical (unpaired) electrons. The molecule has 0 fully saturated rings. The summed E-state index contributed by atoms with van der Waals surface area (Å²) in [5, 5.41) is 21.2. The zero-order valence-corrected chi connectivity index (χ0v) is 9.53. The fraction of sp³-hybridized carbons (Fsp3) is 0.417. The van der Waals surface area contributed by atoms with Gasteiger partial charge in [-0.3, -0.25) is 0 Å². The molecule has 0 saturated heterocycles. The molecule has 4 heteroatoms. The lowest BCUT2D eigenvalue weighted by molar-refractivity contribution is 0.188. The van der Waals surface area contributed by atoms with Crippen LogP contribution in [0.1, 0.15) is 18.9 Å². The Labute approximate surface area is 95.5 Å². The molecule has 86 valence electrons. The molecule has 0 spiro atoms. The highest BCUT2D eigenvalue weighted by Gasteiger charge is 2.08. The number of anilines is 1. The van der Waals surface area contributed by atoms with E-state index in [-0.39, 0.29) is 6.10 Å². The summed E-state index contributed by atoms with van der Waals surface area (Å²) in [4.78, 5) is 0. The standard InChI is InChI=1S/C12H16N2O2/c1-9(15)6-7-14-12-10(8-13)4-3-5-11(12)16-2/h3-5,9,14-15H,6-7H2,1-2H3. The van der Waals surface area contributed by atoms with E-state index in [2.05, 4.69) is 11.4 Å². The van der Waals surface area contributed by atoms with Gasteiger partial charge in [0, 0.05) is 6.54 Å². The molecule has 1 aromatic carbocycles. The number of hydrogen-bond acceptors (Lipinski definition) is 4. The number of methoxy groups -OCH3 is 1. The van der Waals surface area contributed by atoms with E-state index in [1.54, 1.807) is 32.2 Å². The average Bonchev–Trinajstić information content (AvgIpc) is 2.28. The Morgan fingerprint density at radius 2 is 2.31 bits per heavy atom. The SMILES string of the molecule is COc1cccc(C#N)c1NCCC(C)O. The first kappa shape index (κ1) is 12.3. The molecule has 1 rings (SSSR count). The summed E-state index contributed by atoms with van der Waals surface area (Å²) in [7, 11) is 1.57. The third kappa shape index (κ3) is 3.14. The number of aliphatic hydroxyl groups is 1. The van der Waals surface area contributed by atoms with Gasteiger partial charge in [-0.15, -0.1) is 0 Å². The summed E-state index contributed by atoms with van der Waals surface area (Å²) in [5.74, 6) is 0.643. The van der Waals surface area contributed by atoms with Gasteiger partial charge in [-0.1, -0.05) is 6.07 Å². The maximum atomic E-state index is 9.15. The predicted molar refractivity (Wildman–Crippen MR) is 62.5 cm³/mol. The third-order valence-electron chi connectivity index (χ3n) is 2.23. The largest absolute Gasteiger partial charge is 0.495 e. The first-order valence-corrected chi connectivity index (χ1v) is 5.18. The number of aliphatic hydroxyl groups excluding tert-OH is 1. The van der Waals surface area contributed by atoms with Crippen molar-refractivity contribution >= 4 is 5.69 Å². The number of nitriles is 1. The van der Waals surface area contributed by atoms with Crippen LogP contribution in [0, 0.1) is 11.3 Å².